The number of fused-ring (bicyclic) bond motifs is 1. The number of aliphatic hydroxyl groups is 1. The summed E-state index contributed by atoms with van der Waals surface area (Å²) in [5.74, 6) is 0.0155. The lowest BCUT2D eigenvalue weighted by molar-refractivity contribution is -0.276. The van der Waals surface area contributed by atoms with Crippen LogP contribution in [0.15, 0.2) is 103 Å². The number of amides is 1. The third-order valence-electron chi connectivity index (χ3n) is 8.01. The molecule has 1 amide bonds. The molecule has 1 saturated heterocycles. The van der Waals surface area contributed by atoms with Crippen LogP contribution in [-0.2, 0) is 34.0 Å². The van der Waals surface area contributed by atoms with Crippen molar-refractivity contribution < 1.29 is 19.4 Å². The molecule has 0 unspecified atom stereocenters. The molecular formula is C35H35N3O4. The van der Waals surface area contributed by atoms with E-state index in [1.165, 1.54) is 6.92 Å². The molecule has 4 atom stereocenters. The molecule has 1 aliphatic rings. The number of carbonyl (C=O) groups is 1. The molecule has 214 valence electrons. The lowest BCUT2D eigenvalue weighted by Gasteiger charge is -2.41. The van der Waals surface area contributed by atoms with Crippen LogP contribution in [0.1, 0.15) is 48.5 Å². The van der Waals surface area contributed by atoms with Gasteiger partial charge in [0, 0.05) is 24.9 Å². The summed E-state index contributed by atoms with van der Waals surface area (Å²) < 4.78 is 15.5. The zero-order chi connectivity index (χ0) is 29.1. The van der Waals surface area contributed by atoms with Crippen molar-refractivity contribution in [2.75, 3.05) is 0 Å². The minimum Gasteiger partial charge on any atom is -0.392 e. The SMILES string of the molecule is CC(=O)NCc1cccc(-c2ccc([C@H]3O[C@@H](Cn4cnc5ccccc54)[C@@H](C)[C@@H](c4ccc(CO)cc4)O3)cc2)c1. The van der Waals surface area contributed by atoms with Crippen molar-refractivity contribution in [2.24, 2.45) is 5.92 Å². The van der Waals surface area contributed by atoms with Crippen LogP contribution in [0.3, 0.4) is 0 Å². The Morgan fingerprint density at radius 2 is 1.64 bits per heavy atom. The van der Waals surface area contributed by atoms with Gasteiger partial charge in [0.05, 0.1) is 42.7 Å². The molecule has 1 fully saturated rings. The van der Waals surface area contributed by atoms with Crippen LogP contribution < -0.4 is 5.32 Å². The number of aliphatic hydroxyl groups excluding tert-OH is 1. The molecule has 0 bridgehead atoms. The number of nitrogens with zero attached hydrogens (tertiary/aromatic N) is 2. The summed E-state index contributed by atoms with van der Waals surface area (Å²) in [6.45, 7) is 4.84. The molecule has 5 aromatic rings. The van der Waals surface area contributed by atoms with Gasteiger partial charge in [0.25, 0.3) is 0 Å². The predicted molar refractivity (Wildman–Crippen MR) is 162 cm³/mol. The molecule has 1 aliphatic heterocycles. The summed E-state index contributed by atoms with van der Waals surface area (Å²) in [7, 11) is 0. The number of para-hydroxylation sites is 2. The van der Waals surface area contributed by atoms with Crippen molar-refractivity contribution in [1.29, 1.82) is 0 Å². The number of ether oxygens (including phenoxy) is 2. The molecule has 0 radical (unpaired) electrons. The van der Waals surface area contributed by atoms with Gasteiger partial charge in [0.15, 0.2) is 6.29 Å². The van der Waals surface area contributed by atoms with E-state index in [2.05, 4.69) is 64.3 Å². The Balaban J connectivity index is 1.27. The monoisotopic (exact) mass is 561 g/mol. The van der Waals surface area contributed by atoms with E-state index in [-0.39, 0.29) is 30.6 Å². The van der Waals surface area contributed by atoms with Crippen molar-refractivity contribution in [3.8, 4) is 11.1 Å². The number of rotatable bonds is 8. The van der Waals surface area contributed by atoms with E-state index >= 15 is 0 Å². The molecule has 2 heterocycles. The standard InChI is InChI=1S/C35H35N3O4/c1-23-33(20-38-22-37-31-8-3-4-9-32(31)38)41-35(42-34(23)28-12-10-25(21-39)11-13-28)29-16-14-27(15-17-29)30-7-5-6-26(18-30)19-36-24(2)40/h3-18,22-23,33-35,39H,19-21H2,1-2H3,(H,36,40)/t23-,33+,34+,35+/m1/s1. The highest BCUT2D eigenvalue weighted by Crippen LogP contribution is 2.42. The van der Waals surface area contributed by atoms with Gasteiger partial charge in [-0.2, -0.15) is 0 Å². The van der Waals surface area contributed by atoms with Crippen LogP contribution >= 0.6 is 0 Å². The summed E-state index contributed by atoms with van der Waals surface area (Å²) in [6, 6.07) is 32.6. The molecule has 6 rings (SSSR count). The highest BCUT2D eigenvalue weighted by molar-refractivity contribution is 5.75. The van der Waals surface area contributed by atoms with Crippen molar-refractivity contribution in [3.05, 3.63) is 126 Å². The van der Waals surface area contributed by atoms with Crippen molar-refractivity contribution in [1.82, 2.24) is 14.9 Å². The number of hydrogen-bond donors (Lipinski definition) is 2. The molecule has 7 nitrogen and oxygen atoms in total. The average molecular weight is 562 g/mol. The molecule has 1 aromatic heterocycles. The Kier molecular flexibility index (Phi) is 8.15. The van der Waals surface area contributed by atoms with Crippen LogP contribution in [0.5, 0.6) is 0 Å². The van der Waals surface area contributed by atoms with Crippen molar-refractivity contribution in [3.63, 3.8) is 0 Å². The second-order valence-corrected chi connectivity index (χ2v) is 10.9. The highest BCUT2D eigenvalue weighted by atomic mass is 16.7. The number of imidazole rings is 1. The van der Waals surface area contributed by atoms with Gasteiger partial charge in [-0.05, 0) is 46.0 Å². The molecule has 2 N–H and O–H groups in total. The van der Waals surface area contributed by atoms with Gasteiger partial charge >= 0.3 is 0 Å². The first-order chi connectivity index (χ1) is 20.5. The van der Waals surface area contributed by atoms with Crippen LogP contribution in [0.2, 0.25) is 0 Å². The van der Waals surface area contributed by atoms with Crippen LogP contribution in [0.4, 0.5) is 0 Å². The van der Waals surface area contributed by atoms with Gasteiger partial charge in [0.1, 0.15) is 0 Å². The van der Waals surface area contributed by atoms with Gasteiger partial charge in [-0.3, -0.25) is 4.79 Å². The molecule has 0 aliphatic carbocycles. The maximum absolute atomic E-state index is 11.3. The molecule has 4 aromatic carbocycles. The average Bonchev–Trinajstić information content (AvgIpc) is 3.44. The summed E-state index contributed by atoms with van der Waals surface area (Å²) in [5.41, 5.74) is 8.10. The number of hydrogen-bond acceptors (Lipinski definition) is 5. The van der Waals surface area contributed by atoms with Crippen molar-refractivity contribution in [2.45, 2.75) is 52.0 Å². The van der Waals surface area contributed by atoms with Gasteiger partial charge < -0.3 is 24.5 Å². The van der Waals surface area contributed by atoms with Gasteiger partial charge in [0.2, 0.25) is 5.91 Å². The van der Waals surface area contributed by atoms with Gasteiger partial charge in [-0.25, -0.2) is 4.98 Å². The first-order valence-corrected chi connectivity index (χ1v) is 14.3. The Bertz CT molecular complexity index is 1660. The largest absolute Gasteiger partial charge is 0.392 e. The van der Waals surface area contributed by atoms with Crippen molar-refractivity contribution >= 4 is 16.9 Å². The normalized spacial score (nSPS) is 20.5. The van der Waals surface area contributed by atoms with E-state index < -0.39 is 6.29 Å². The van der Waals surface area contributed by atoms with Crippen LogP contribution in [-0.4, -0.2) is 26.7 Å². The zero-order valence-electron chi connectivity index (χ0n) is 23.8. The van der Waals surface area contributed by atoms with Gasteiger partial charge in [-0.15, -0.1) is 0 Å². The van der Waals surface area contributed by atoms with E-state index in [4.69, 9.17) is 9.47 Å². The first-order valence-electron chi connectivity index (χ1n) is 14.3. The minimum absolute atomic E-state index is 0.00587. The summed E-state index contributed by atoms with van der Waals surface area (Å²) in [5, 5.41) is 12.4. The van der Waals surface area contributed by atoms with E-state index in [1.807, 2.05) is 60.9 Å². The topological polar surface area (TPSA) is 85.6 Å². The quantitative estimate of drug-likeness (QED) is 0.232. The Morgan fingerprint density at radius 3 is 2.40 bits per heavy atom. The fraction of sp³-hybridized carbons (Fsp3) is 0.257. The van der Waals surface area contributed by atoms with Crippen LogP contribution in [0, 0.1) is 5.92 Å². The number of nitrogens with one attached hydrogen (secondary N) is 1. The zero-order valence-corrected chi connectivity index (χ0v) is 23.8. The van der Waals surface area contributed by atoms with Gasteiger partial charge in [-0.1, -0.05) is 85.8 Å². The fourth-order valence-corrected chi connectivity index (χ4v) is 5.60. The number of aromatic nitrogens is 2. The van der Waals surface area contributed by atoms with Crippen LogP contribution in [0.25, 0.3) is 22.2 Å². The second kappa shape index (κ2) is 12.3. The lowest BCUT2D eigenvalue weighted by Crippen LogP contribution is -2.39. The van der Waals surface area contributed by atoms with E-state index in [0.29, 0.717) is 13.1 Å². The lowest BCUT2D eigenvalue weighted by atomic mass is 9.90. The molecular weight excluding hydrogens is 526 g/mol. The maximum atomic E-state index is 11.3. The Morgan fingerprint density at radius 1 is 0.881 bits per heavy atom. The maximum Gasteiger partial charge on any atom is 0.217 e. The fourth-order valence-electron chi connectivity index (χ4n) is 5.60. The number of carbonyl (C=O) groups excluding carboxylic acids is 1. The van der Waals surface area contributed by atoms with E-state index in [0.717, 1.165) is 44.4 Å². The molecule has 0 saturated carbocycles. The third kappa shape index (κ3) is 5.99. The summed E-state index contributed by atoms with van der Waals surface area (Å²) in [4.78, 5) is 15.9. The minimum atomic E-state index is -0.552. The van der Waals surface area contributed by atoms with E-state index in [9.17, 15) is 9.90 Å². The second-order valence-electron chi connectivity index (χ2n) is 10.9. The first kappa shape index (κ1) is 27.8. The number of benzene rings is 4. The summed E-state index contributed by atoms with van der Waals surface area (Å²) in [6.07, 6.45) is 1.00. The smallest absolute Gasteiger partial charge is 0.217 e. The Hall–Kier alpha value is -4.30. The molecule has 0 spiro atoms. The highest BCUT2D eigenvalue weighted by Gasteiger charge is 2.38. The predicted octanol–water partition coefficient (Wildman–Crippen LogP) is 6.32. The molecule has 7 heteroatoms. The molecule has 42 heavy (non-hydrogen) atoms. The third-order valence-corrected chi connectivity index (χ3v) is 8.01. The van der Waals surface area contributed by atoms with E-state index in [1.54, 1.807) is 0 Å². The Labute approximate surface area is 245 Å². The summed E-state index contributed by atoms with van der Waals surface area (Å²) >= 11 is 0.